The van der Waals surface area contributed by atoms with Crippen molar-refractivity contribution in [2.75, 3.05) is 0 Å². The Morgan fingerprint density at radius 2 is 2.00 bits per heavy atom. The van der Waals surface area contributed by atoms with Crippen LogP contribution in [0.5, 0.6) is 5.75 Å². The first kappa shape index (κ1) is 14.2. The summed E-state index contributed by atoms with van der Waals surface area (Å²) < 4.78 is 0. The van der Waals surface area contributed by atoms with Crippen LogP contribution >= 0.6 is 0 Å². The number of benzene rings is 2. The minimum atomic E-state index is 0.309. The van der Waals surface area contributed by atoms with E-state index in [0.717, 1.165) is 18.4 Å². The lowest BCUT2D eigenvalue weighted by Crippen LogP contribution is -2.23. The van der Waals surface area contributed by atoms with E-state index in [9.17, 15) is 5.11 Å². The molecule has 2 N–H and O–H groups in total. The van der Waals surface area contributed by atoms with E-state index >= 15 is 0 Å². The van der Waals surface area contributed by atoms with Crippen LogP contribution in [0.2, 0.25) is 0 Å². The lowest BCUT2D eigenvalue weighted by Gasteiger charge is -2.22. The maximum atomic E-state index is 9.95. The van der Waals surface area contributed by atoms with Gasteiger partial charge >= 0.3 is 0 Å². The van der Waals surface area contributed by atoms with E-state index in [0.29, 0.717) is 17.8 Å². The lowest BCUT2D eigenvalue weighted by atomic mass is 9.99. The number of aromatic hydroxyl groups is 1. The molecule has 0 aromatic heterocycles. The molecule has 0 heterocycles. The Kier molecular flexibility index (Phi) is 3.73. The third-order valence-electron chi connectivity index (χ3n) is 4.59. The Labute approximate surface area is 126 Å². The maximum Gasteiger partial charge on any atom is 0.119 e. The smallest absolute Gasteiger partial charge is 0.119 e. The van der Waals surface area contributed by atoms with Crippen molar-refractivity contribution in [3.63, 3.8) is 0 Å². The van der Waals surface area contributed by atoms with Gasteiger partial charge in [-0.05, 0) is 61.9 Å². The third kappa shape index (κ3) is 2.68. The van der Waals surface area contributed by atoms with Crippen LogP contribution in [0.15, 0.2) is 36.4 Å². The molecule has 2 atom stereocenters. The van der Waals surface area contributed by atoms with Crippen LogP contribution in [-0.2, 0) is 6.42 Å². The molecular weight excluding hydrogens is 258 g/mol. The van der Waals surface area contributed by atoms with Crippen molar-refractivity contribution in [3.8, 4) is 5.75 Å². The van der Waals surface area contributed by atoms with E-state index in [4.69, 9.17) is 0 Å². The first-order valence-corrected chi connectivity index (χ1v) is 7.70. The van der Waals surface area contributed by atoms with Gasteiger partial charge < -0.3 is 10.4 Å². The van der Waals surface area contributed by atoms with E-state index in [-0.39, 0.29) is 0 Å². The molecule has 2 aromatic carbocycles. The Balaban J connectivity index is 1.81. The fourth-order valence-electron chi connectivity index (χ4n) is 3.51. The zero-order valence-corrected chi connectivity index (χ0v) is 13.0. The molecule has 0 spiro atoms. The highest BCUT2D eigenvalue weighted by atomic mass is 16.3. The Morgan fingerprint density at radius 3 is 2.76 bits per heavy atom. The molecular formula is C19H23NO. The zero-order chi connectivity index (χ0) is 15.0. The molecule has 1 aliphatic rings. The molecule has 0 saturated carbocycles. The number of phenols is 1. The second-order valence-electron chi connectivity index (χ2n) is 6.18. The topological polar surface area (TPSA) is 32.3 Å². The fraction of sp³-hybridized carbons (Fsp3) is 0.368. The maximum absolute atomic E-state index is 9.95. The van der Waals surface area contributed by atoms with Gasteiger partial charge in [0.05, 0.1) is 0 Å². The summed E-state index contributed by atoms with van der Waals surface area (Å²) in [5, 5.41) is 13.7. The van der Waals surface area contributed by atoms with E-state index in [1.165, 1.54) is 22.3 Å². The molecule has 0 radical (unpaired) electrons. The van der Waals surface area contributed by atoms with Gasteiger partial charge in [-0.3, -0.25) is 0 Å². The van der Waals surface area contributed by atoms with Gasteiger partial charge in [-0.2, -0.15) is 0 Å². The van der Waals surface area contributed by atoms with E-state index < -0.39 is 0 Å². The highest BCUT2D eigenvalue weighted by Gasteiger charge is 2.26. The molecule has 2 nitrogen and oxygen atoms in total. The highest BCUT2D eigenvalue weighted by molar-refractivity contribution is 5.44. The number of fused-ring (bicyclic) bond motifs is 1. The standard InChI is InChI=1S/C19H23NO/c1-12-7-8-15(13(2)11-12)14(3)20-18-10-9-17-16(18)5-4-6-19(17)21/h4-8,11,14,18,20-21H,9-10H2,1-3H3. The van der Waals surface area contributed by atoms with Gasteiger partial charge in [-0.15, -0.1) is 0 Å². The van der Waals surface area contributed by atoms with Gasteiger partial charge in [0.1, 0.15) is 5.75 Å². The average Bonchev–Trinajstić information content (AvgIpc) is 2.83. The minimum Gasteiger partial charge on any atom is -0.508 e. The first-order chi connectivity index (χ1) is 10.1. The van der Waals surface area contributed by atoms with Crippen LogP contribution in [-0.4, -0.2) is 5.11 Å². The molecule has 0 bridgehead atoms. The summed E-state index contributed by atoms with van der Waals surface area (Å²) in [6.07, 6.45) is 2.02. The quantitative estimate of drug-likeness (QED) is 0.876. The number of phenolic OH excluding ortho intramolecular Hbond substituents is 1. The van der Waals surface area contributed by atoms with Crippen LogP contribution in [0, 0.1) is 13.8 Å². The molecule has 21 heavy (non-hydrogen) atoms. The van der Waals surface area contributed by atoms with Crippen molar-refractivity contribution in [1.82, 2.24) is 5.32 Å². The van der Waals surface area contributed by atoms with Gasteiger partial charge in [0.15, 0.2) is 0 Å². The Hall–Kier alpha value is -1.80. The third-order valence-corrected chi connectivity index (χ3v) is 4.59. The first-order valence-electron chi connectivity index (χ1n) is 7.70. The fourth-order valence-corrected chi connectivity index (χ4v) is 3.51. The van der Waals surface area contributed by atoms with Gasteiger partial charge in [0.2, 0.25) is 0 Å². The summed E-state index contributed by atoms with van der Waals surface area (Å²) in [4.78, 5) is 0. The normalized spacial score (nSPS) is 18.5. The second kappa shape index (κ2) is 5.53. The monoisotopic (exact) mass is 281 g/mol. The number of hydrogen-bond acceptors (Lipinski definition) is 2. The van der Waals surface area contributed by atoms with Crippen LogP contribution in [0.1, 0.15) is 53.2 Å². The molecule has 2 aromatic rings. The number of rotatable bonds is 3. The second-order valence-corrected chi connectivity index (χ2v) is 6.18. The summed E-state index contributed by atoms with van der Waals surface area (Å²) in [5.41, 5.74) is 6.37. The van der Waals surface area contributed by atoms with Crippen molar-refractivity contribution in [1.29, 1.82) is 0 Å². The molecule has 0 aliphatic heterocycles. The molecule has 2 unspecified atom stereocenters. The van der Waals surface area contributed by atoms with Crippen molar-refractivity contribution >= 4 is 0 Å². The van der Waals surface area contributed by atoms with Gasteiger partial charge in [0.25, 0.3) is 0 Å². The van der Waals surface area contributed by atoms with Gasteiger partial charge in [-0.25, -0.2) is 0 Å². The predicted octanol–water partition coefficient (Wildman–Crippen LogP) is 4.35. The van der Waals surface area contributed by atoms with E-state index in [1.807, 2.05) is 6.07 Å². The number of nitrogens with one attached hydrogen (secondary N) is 1. The van der Waals surface area contributed by atoms with Gasteiger partial charge in [-0.1, -0.05) is 35.9 Å². The number of aryl methyl sites for hydroxylation is 2. The van der Waals surface area contributed by atoms with E-state index in [2.05, 4.69) is 50.4 Å². The molecule has 110 valence electrons. The van der Waals surface area contributed by atoms with Crippen LogP contribution in [0.25, 0.3) is 0 Å². The summed E-state index contributed by atoms with van der Waals surface area (Å²) in [5.74, 6) is 0.441. The number of hydrogen-bond donors (Lipinski definition) is 2. The van der Waals surface area contributed by atoms with Crippen LogP contribution < -0.4 is 5.32 Å². The SMILES string of the molecule is Cc1ccc(C(C)NC2CCc3c(O)cccc32)c(C)c1. The summed E-state index contributed by atoms with van der Waals surface area (Å²) in [6.45, 7) is 6.53. The molecule has 0 fully saturated rings. The van der Waals surface area contributed by atoms with Crippen molar-refractivity contribution < 1.29 is 5.11 Å². The predicted molar refractivity (Wildman–Crippen MR) is 86.6 cm³/mol. The summed E-state index contributed by atoms with van der Waals surface area (Å²) >= 11 is 0. The van der Waals surface area contributed by atoms with Crippen LogP contribution in [0.3, 0.4) is 0 Å². The molecule has 3 rings (SSSR count). The Morgan fingerprint density at radius 1 is 1.19 bits per heavy atom. The highest BCUT2D eigenvalue weighted by Crippen LogP contribution is 2.37. The summed E-state index contributed by atoms with van der Waals surface area (Å²) in [7, 11) is 0. The minimum absolute atomic E-state index is 0.309. The average molecular weight is 281 g/mol. The van der Waals surface area contributed by atoms with Gasteiger partial charge in [0, 0.05) is 12.1 Å². The van der Waals surface area contributed by atoms with Crippen molar-refractivity contribution in [2.24, 2.45) is 0 Å². The molecule has 2 heteroatoms. The molecule has 0 saturated heterocycles. The van der Waals surface area contributed by atoms with E-state index in [1.54, 1.807) is 6.07 Å². The summed E-state index contributed by atoms with van der Waals surface area (Å²) in [6, 6.07) is 13.1. The molecule has 0 amide bonds. The molecule has 1 aliphatic carbocycles. The van der Waals surface area contributed by atoms with Crippen molar-refractivity contribution in [3.05, 3.63) is 64.2 Å². The zero-order valence-electron chi connectivity index (χ0n) is 13.0. The lowest BCUT2D eigenvalue weighted by molar-refractivity contribution is 0.464. The Bertz CT molecular complexity index is 663. The van der Waals surface area contributed by atoms with Crippen molar-refractivity contribution in [2.45, 2.75) is 45.7 Å². The largest absolute Gasteiger partial charge is 0.508 e. The van der Waals surface area contributed by atoms with Crippen LogP contribution in [0.4, 0.5) is 0 Å².